The van der Waals surface area contributed by atoms with Gasteiger partial charge in [0, 0.05) is 11.1 Å². The highest BCUT2D eigenvalue weighted by Crippen LogP contribution is 2.24. The number of thiazole rings is 1. The van der Waals surface area contributed by atoms with E-state index in [0.717, 1.165) is 0 Å². The van der Waals surface area contributed by atoms with Crippen molar-refractivity contribution in [1.82, 2.24) is 4.98 Å². The highest BCUT2D eigenvalue weighted by molar-refractivity contribution is 8.01. The van der Waals surface area contributed by atoms with Gasteiger partial charge in [-0.3, -0.25) is 9.59 Å². The van der Waals surface area contributed by atoms with Gasteiger partial charge in [0.25, 0.3) is 0 Å². The van der Waals surface area contributed by atoms with Gasteiger partial charge in [-0.1, -0.05) is 23.4 Å². The molecule has 24 heavy (non-hydrogen) atoms. The van der Waals surface area contributed by atoms with Crippen LogP contribution in [0.3, 0.4) is 0 Å². The molecule has 0 atom stereocenters. The number of benzene rings is 1. The number of hydrogen-bond acceptors (Lipinski definition) is 6. The van der Waals surface area contributed by atoms with E-state index in [1.54, 1.807) is 12.3 Å². The highest BCUT2D eigenvalue weighted by Gasteiger charge is 2.11. The molecule has 5 nitrogen and oxygen atoms in total. The normalized spacial score (nSPS) is 10.5. The third-order valence-corrected chi connectivity index (χ3v) is 5.05. The van der Waals surface area contributed by atoms with Crippen molar-refractivity contribution in [1.29, 1.82) is 0 Å². The molecule has 2 aromatic rings. The Morgan fingerprint density at radius 3 is 2.96 bits per heavy atom. The number of ether oxygens (including phenoxy) is 1. The molecule has 1 aromatic heterocycles. The van der Waals surface area contributed by atoms with Crippen LogP contribution < -0.4 is 5.32 Å². The first-order valence-corrected chi connectivity index (χ1v) is 9.20. The van der Waals surface area contributed by atoms with Gasteiger partial charge in [-0.25, -0.2) is 9.37 Å². The van der Waals surface area contributed by atoms with E-state index in [4.69, 9.17) is 16.3 Å². The Hall–Kier alpha value is -1.64. The molecular weight excluding hydrogens is 375 g/mol. The molecular formula is C15H14ClFN2O3S2. The molecule has 128 valence electrons. The van der Waals surface area contributed by atoms with Crippen LogP contribution in [0, 0.1) is 5.82 Å². The molecule has 0 aliphatic carbocycles. The predicted octanol–water partition coefficient (Wildman–Crippen LogP) is 3.77. The monoisotopic (exact) mass is 388 g/mol. The fraction of sp³-hybridized carbons (Fsp3) is 0.267. The molecule has 1 heterocycles. The van der Waals surface area contributed by atoms with Gasteiger partial charge in [-0.2, -0.15) is 0 Å². The molecule has 1 aromatic carbocycles. The second kappa shape index (κ2) is 9.00. The molecule has 1 N–H and O–H groups in total. The van der Waals surface area contributed by atoms with Crippen molar-refractivity contribution in [3.8, 4) is 0 Å². The van der Waals surface area contributed by atoms with Crippen molar-refractivity contribution in [2.75, 3.05) is 17.7 Å². The minimum absolute atomic E-state index is 0.0519. The van der Waals surface area contributed by atoms with E-state index < -0.39 is 5.82 Å². The fourth-order valence-electron chi connectivity index (χ4n) is 1.69. The number of thioether (sulfide) groups is 1. The molecule has 0 unspecified atom stereocenters. The standard InChI is InChI=1S/C15H14ClFN2O3S2/c1-2-22-14(21)6-10-7-23-15(19-10)24-8-13(20)18-9-3-4-12(17)11(16)5-9/h3-5,7H,2,6,8H2,1H3,(H,18,20). The Balaban J connectivity index is 1.82. The summed E-state index contributed by atoms with van der Waals surface area (Å²) >= 11 is 8.27. The SMILES string of the molecule is CCOC(=O)Cc1csc(SCC(=O)Nc2ccc(F)c(Cl)c2)n1. The molecule has 0 saturated carbocycles. The van der Waals surface area contributed by atoms with Crippen LogP contribution in [0.25, 0.3) is 0 Å². The summed E-state index contributed by atoms with van der Waals surface area (Å²) in [6, 6.07) is 3.97. The number of aromatic nitrogens is 1. The third-order valence-electron chi connectivity index (χ3n) is 2.69. The Morgan fingerprint density at radius 2 is 2.25 bits per heavy atom. The van der Waals surface area contributed by atoms with Gasteiger partial charge < -0.3 is 10.1 Å². The van der Waals surface area contributed by atoms with Crippen LogP contribution in [0.15, 0.2) is 27.9 Å². The lowest BCUT2D eigenvalue weighted by atomic mass is 10.3. The first-order chi connectivity index (χ1) is 11.5. The number of carbonyl (C=O) groups is 2. The second-order valence-electron chi connectivity index (χ2n) is 4.55. The van der Waals surface area contributed by atoms with Crippen molar-refractivity contribution < 1.29 is 18.7 Å². The Kier molecular flexibility index (Phi) is 7.01. The smallest absolute Gasteiger partial charge is 0.311 e. The lowest BCUT2D eigenvalue weighted by Gasteiger charge is -2.05. The summed E-state index contributed by atoms with van der Waals surface area (Å²) in [7, 11) is 0. The van der Waals surface area contributed by atoms with Gasteiger partial charge in [0.2, 0.25) is 5.91 Å². The topological polar surface area (TPSA) is 68.3 Å². The van der Waals surface area contributed by atoms with Gasteiger partial charge >= 0.3 is 5.97 Å². The molecule has 0 spiro atoms. The summed E-state index contributed by atoms with van der Waals surface area (Å²) < 4.78 is 18.6. The second-order valence-corrected chi connectivity index (χ2v) is 7.04. The Labute approximate surface area is 151 Å². The van der Waals surface area contributed by atoms with E-state index >= 15 is 0 Å². The number of hydrogen-bond donors (Lipinski definition) is 1. The summed E-state index contributed by atoms with van der Waals surface area (Å²) in [5.41, 5.74) is 1.04. The number of anilines is 1. The molecule has 0 saturated heterocycles. The molecule has 9 heteroatoms. The summed E-state index contributed by atoms with van der Waals surface area (Å²) in [5, 5.41) is 4.34. The molecule has 0 aliphatic rings. The zero-order valence-electron chi connectivity index (χ0n) is 12.7. The molecule has 0 radical (unpaired) electrons. The average molecular weight is 389 g/mol. The number of nitrogens with zero attached hydrogens (tertiary/aromatic N) is 1. The predicted molar refractivity (Wildman–Crippen MR) is 93.2 cm³/mol. The Bertz CT molecular complexity index is 739. The van der Waals surface area contributed by atoms with Gasteiger partial charge in [-0.15, -0.1) is 11.3 Å². The number of esters is 1. The van der Waals surface area contributed by atoms with Crippen LogP contribution in [0.4, 0.5) is 10.1 Å². The fourth-order valence-corrected chi connectivity index (χ4v) is 3.52. The minimum Gasteiger partial charge on any atom is -0.466 e. The van der Waals surface area contributed by atoms with Crippen molar-refractivity contribution >= 4 is 52.3 Å². The highest BCUT2D eigenvalue weighted by atomic mass is 35.5. The maximum Gasteiger partial charge on any atom is 0.311 e. The lowest BCUT2D eigenvalue weighted by Crippen LogP contribution is -2.14. The van der Waals surface area contributed by atoms with Crippen molar-refractivity contribution in [2.45, 2.75) is 17.7 Å². The summed E-state index contributed by atoms with van der Waals surface area (Å²) in [5.74, 6) is -0.988. The van der Waals surface area contributed by atoms with Gasteiger partial charge in [0.1, 0.15) is 5.82 Å². The molecule has 2 rings (SSSR count). The summed E-state index contributed by atoms with van der Waals surface area (Å²) in [6.07, 6.45) is 0.116. The largest absolute Gasteiger partial charge is 0.466 e. The lowest BCUT2D eigenvalue weighted by molar-refractivity contribution is -0.142. The maximum absolute atomic E-state index is 13.1. The number of carbonyl (C=O) groups excluding carboxylic acids is 2. The van der Waals surface area contributed by atoms with Crippen LogP contribution in [0.1, 0.15) is 12.6 Å². The van der Waals surface area contributed by atoms with Crippen molar-refractivity contribution in [3.05, 3.63) is 40.1 Å². The van der Waals surface area contributed by atoms with Crippen LogP contribution in [0.2, 0.25) is 5.02 Å². The third kappa shape index (κ3) is 5.77. The average Bonchev–Trinajstić information content (AvgIpc) is 2.96. The number of nitrogens with one attached hydrogen (secondary N) is 1. The van der Waals surface area contributed by atoms with E-state index in [0.29, 0.717) is 22.3 Å². The van der Waals surface area contributed by atoms with Crippen LogP contribution in [-0.2, 0) is 20.7 Å². The number of halogens is 2. The first kappa shape index (κ1) is 18.7. The van der Waals surface area contributed by atoms with Crippen molar-refractivity contribution in [3.63, 3.8) is 0 Å². The van der Waals surface area contributed by atoms with Crippen LogP contribution in [0.5, 0.6) is 0 Å². The zero-order chi connectivity index (χ0) is 17.5. The molecule has 1 amide bonds. The van der Waals surface area contributed by atoms with Gasteiger partial charge in [-0.05, 0) is 25.1 Å². The maximum atomic E-state index is 13.1. The zero-order valence-corrected chi connectivity index (χ0v) is 15.1. The number of rotatable bonds is 7. The summed E-state index contributed by atoms with van der Waals surface area (Å²) in [4.78, 5) is 27.5. The van der Waals surface area contributed by atoms with Gasteiger partial charge in [0.05, 0.1) is 29.5 Å². The summed E-state index contributed by atoms with van der Waals surface area (Å²) in [6.45, 7) is 2.07. The quantitative estimate of drug-likeness (QED) is 0.577. The van der Waals surface area contributed by atoms with Crippen molar-refractivity contribution in [2.24, 2.45) is 0 Å². The van der Waals surface area contributed by atoms with Gasteiger partial charge in [0.15, 0.2) is 4.34 Å². The molecule has 0 aliphatic heterocycles. The van der Waals surface area contributed by atoms with E-state index in [1.807, 2.05) is 0 Å². The number of amides is 1. The molecule has 0 fully saturated rings. The van der Waals surface area contributed by atoms with Crippen LogP contribution >= 0.6 is 34.7 Å². The first-order valence-electron chi connectivity index (χ1n) is 6.95. The van der Waals surface area contributed by atoms with E-state index in [2.05, 4.69) is 10.3 Å². The van der Waals surface area contributed by atoms with Crippen LogP contribution in [-0.4, -0.2) is 29.2 Å². The minimum atomic E-state index is -0.541. The van der Waals surface area contributed by atoms with E-state index in [-0.39, 0.29) is 29.1 Å². The van der Waals surface area contributed by atoms with E-state index in [9.17, 15) is 14.0 Å². The van der Waals surface area contributed by atoms with E-state index in [1.165, 1.54) is 41.3 Å². The Morgan fingerprint density at radius 1 is 1.46 bits per heavy atom. The molecule has 0 bridgehead atoms.